The second kappa shape index (κ2) is 10.8. The molecule has 0 spiro atoms. The van der Waals surface area contributed by atoms with Crippen molar-refractivity contribution in [3.63, 3.8) is 0 Å². The van der Waals surface area contributed by atoms with E-state index in [4.69, 9.17) is 0 Å². The summed E-state index contributed by atoms with van der Waals surface area (Å²) < 4.78 is 13.0. The van der Waals surface area contributed by atoms with E-state index >= 15 is 0 Å². The van der Waals surface area contributed by atoms with Crippen molar-refractivity contribution in [2.45, 2.75) is 38.7 Å². The van der Waals surface area contributed by atoms with Crippen molar-refractivity contribution in [3.8, 4) is 11.8 Å². The van der Waals surface area contributed by atoms with Crippen molar-refractivity contribution in [1.29, 1.82) is 0 Å². The van der Waals surface area contributed by atoms with Gasteiger partial charge in [0.15, 0.2) is 0 Å². The van der Waals surface area contributed by atoms with Gasteiger partial charge in [-0.2, -0.15) is 0 Å². The Balaban J connectivity index is 1.43. The highest BCUT2D eigenvalue weighted by Gasteiger charge is 2.22. The van der Waals surface area contributed by atoms with Gasteiger partial charge in [0, 0.05) is 31.3 Å². The molecule has 0 bridgehead atoms. The molecule has 1 aliphatic rings. The Morgan fingerprint density at radius 3 is 2.34 bits per heavy atom. The minimum Gasteiger partial charge on any atom is -0.378 e. The molecule has 5 heteroatoms. The van der Waals surface area contributed by atoms with Crippen molar-refractivity contribution in [1.82, 2.24) is 9.80 Å². The number of benzene rings is 2. The standard InChI is InChI=1S/C27H33FN2O2/c1-27(2,32)16-12-21-4-8-24(9-5-21)26(31)29(3)20-23-14-18-30(19-15-23)17-13-22-6-10-25(28)11-7-22/h4-11,23,32H,13-15,17-20H2,1-3H3. The largest absolute Gasteiger partial charge is 0.378 e. The molecule has 0 aromatic heterocycles. The van der Waals surface area contributed by atoms with Crippen LogP contribution in [0.25, 0.3) is 0 Å². The highest BCUT2D eigenvalue weighted by atomic mass is 19.1. The Labute approximate surface area is 191 Å². The third-order valence-electron chi connectivity index (χ3n) is 5.86. The number of likely N-dealkylation sites (tertiary alicyclic amines) is 1. The molecule has 1 N–H and O–H groups in total. The summed E-state index contributed by atoms with van der Waals surface area (Å²) in [5, 5.41) is 9.71. The fourth-order valence-corrected chi connectivity index (χ4v) is 3.94. The SMILES string of the molecule is CN(CC1CCN(CCc2ccc(F)cc2)CC1)C(=O)c1ccc(C#CC(C)(C)O)cc1. The maximum Gasteiger partial charge on any atom is 0.253 e. The molecule has 1 aliphatic heterocycles. The predicted molar refractivity (Wildman–Crippen MR) is 126 cm³/mol. The maximum absolute atomic E-state index is 13.0. The summed E-state index contributed by atoms with van der Waals surface area (Å²) in [5.74, 6) is 6.04. The molecule has 2 aromatic rings. The highest BCUT2D eigenvalue weighted by molar-refractivity contribution is 5.94. The van der Waals surface area contributed by atoms with Gasteiger partial charge >= 0.3 is 0 Å². The van der Waals surface area contributed by atoms with Crippen LogP contribution in [0.15, 0.2) is 48.5 Å². The zero-order valence-corrected chi connectivity index (χ0v) is 19.3. The fraction of sp³-hybridized carbons (Fsp3) is 0.444. The molecule has 1 fully saturated rings. The molecular formula is C27H33FN2O2. The number of nitrogens with zero attached hydrogens (tertiary/aromatic N) is 2. The molecule has 1 heterocycles. The minimum absolute atomic E-state index is 0.0192. The molecule has 1 saturated heterocycles. The van der Waals surface area contributed by atoms with Crippen LogP contribution in [0.3, 0.4) is 0 Å². The van der Waals surface area contributed by atoms with Crippen molar-refractivity contribution in [2.75, 3.05) is 33.2 Å². The molecule has 0 unspecified atom stereocenters. The Bertz CT molecular complexity index is 944. The van der Waals surface area contributed by atoms with Crippen LogP contribution >= 0.6 is 0 Å². The number of carbonyl (C=O) groups excluding carboxylic acids is 1. The summed E-state index contributed by atoms with van der Waals surface area (Å²) >= 11 is 0. The molecule has 0 atom stereocenters. The smallest absolute Gasteiger partial charge is 0.253 e. The van der Waals surface area contributed by atoms with E-state index < -0.39 is 5.60 Å². The quantitative estimate of drug-likeness (QED) is 0.697. The molecule has 1 amide bonds. The highest BCUT2D eigenvalue weighted by Crippen LogP contribution is 2.19. The Morgan fingerprint density at radius 2 is 1.75 bits per heavy atom. The molecule has 170 valence electrons. The van der Waals surface area contributed by atoms with Crippen LogP contribution in [-0.4, -0.2) is 59.6 Å². The van der Waals surface area contributed by atoms with Gasteiger partial charge in [0.25, 0.3) is 5.91 Å². The molecule has 0 saturated carbocycles. The molecular weight excluding hydrogens is 403 g/mol. The van der Waals surface area contributed by atoms with E-state index in [0.717, 1.165) is 56.6 Å². The third kappa shape index (κ3) is 7.47. The number of amides is 1. The first-order valence-corrected chi connectivity index (χ1v) is 11.3. The van der Waals surface area contributed by atoms with E-state index in [2.05, 4.69) is 16.7 Å². The van der Waals surface area contributed by atoms with E-state index in [0.29, 0.717) is 11.5 Å². The number of rotatable bonds is 6. The minimum atomic E-state index is -1.04. The van der Waals surface area contributed by atoms with Gasteiger partial charge in [0.2, 0.25) is 0 Å². The Morgan fingerprint density at radius 1 is 1.12 bits per heavy atom. The summed E-state index contributed by atoms with van der Waals surface area (Å²) in [6.45, 7) is 7.08. The first kappa shape index (κ1) is 24.0. The number of carbonyl (C=O) groups is 1. The van der Waals surface area contributed by atoms with Gasteiger partial charge in [-0.1, -0.05) is 24.0 Å². The van der Waals surface area contributed by atoms with E-state index in [1.54, 1.807) is 26.0 Å². The number of piperidine rings is 1. The first-order valence-electron chi connectivity index (χ1n) is 11.3. The first-order chi connectivity index (χ1) is 15.2. The van der Waals surface area contributed by atoms with Gasteiger partial charge in [-0.3, -0.25) is 4.79 Å². The summed E-state index contributed by atoms with van der Waals surface area (Å²) in [4.78, 5) is 17.1. The van der Waals surface area contributed by atoms with Gasteiger partial charge in [0.1, 0.15) is 11.4 Å². The molecule has 0 aliphatic carbocycles. The summed E-state index contributed by atoms with van der Waals surface area (Å²) in [6.07, 6.45) is 3.08. The van der Waals surface area contributed by atoms with Crippen LogP contribution in [-0.2, 0) is 6.42 Å². The van der Waals surface area contributed by atoms with Crippen molar-refractivity contribution in [3.05, 3.63) is 71.0 Å². The van der Waals surface area contributed by atoms with E-state index in [1.807, 2.05) is 36.2 Å². The number of hydrogen-bond donors (Lipinski definition) is 1. The number of halogens is 1. The van der Waals surface area contributed by atoms with Crippen molar-refractivity contribution < 1.29 is 14.3 Å². The van der Waals surface area contributed by atoms with Crippen LogP contribution in [0.4, 0.5) is 4.39 Å². The normalized spacial score (nSPS) is 15.2. The van der Waals surface area contributed by atoms with E-state index in [-0.39, 0.29) is 11.7 Å². The lowest BCUT2D eigenvalue weighted by Gasteiger charge is -2.34. The zero-order chi connectivity index (χ0) is 23.1. The molecule has 0 radical (unpaired) electrons. The predicted octanol–water partition coefficient (Wildman–Crippen LogP) is 3.97. The average Bonchev–Trinajstić information content (AvgIpc) is 2.77. The van der Waals surface area contributed by atoms with Gasteiger partial charge < -0.3 is 14.9 Å². The lowest BCUT2D eigenvalue weighted by molar-refractivity contribution is 0.0740. The van der Waals surface area contributed by atoms with Crippen molar-refractivity contribution >= 4 is 5.91 Å². The van der Waals surface area contributed by atoms with Gasteiger partial charge in [-0.25, -0.2) is 4.39 Å². The number of hydrogen-bond acceptors (Lipinski definition) is 3. The van der Waals surface area contributed by atoms with Crippen LogP contribution in [0.1, 0.15) is 48.2 Å². The van der Waals surface area contributed by atoms with Gasteiger partial charge in [-0.15, -0.1) is 0 Å². The lowest BCUT2D eigenvalue weighted by Crippen LogP contribution is -2.40. The Kier molecular flexibility index (Phi) is 8.06. The molecule has 4 nitrogen and oxygen atoms in total. The van der Waals surface area contributed by atoms with Gasteiger partial charge in [-0.05, 0) is 94.1 Å². The fourth-order valence-electron chi connectivity index (χ4n) is 3.94. The van der Waals surface area contributed by atoms with E-state index in [9.17, 15) is 14.3 Å². The van der Waals surface area contributed by atoms with Crippen LogP contribution in [0.2, 0.25) is 0 Å². The molecule has 32 heavy (non-hydrogen) atoms. The van der Waals surface area contributed by atoms with Crippen LogP contribution in [0.5, 0.6) is 0 Å². The topological polar surface area (TPSA) is 43.8 Å². The molecule has 3 rings (SSSR count). The summed E-state index contributed by atoms with van der Waals surface area (Å²) in [6, 6.07) is 14.0. The van der Waals surface area contributed by atoms with Crippen LogP contribution in [0, 0.1) is 23.6 Å². The summed E-state index contributed by atoms with van der Waals surface area (Å²) in [5.41, 5.74) is 1.55. The van der Waals surface area contributed by atoms with Gasteiger partial charge in [0.05, 0.1) is 0 Å². The zero-order valence-electron chi connectivity index (χ0n) is 19.3. The number of aliphatic hydroxyl groups is 1. The van der Waals surface area contributed by atoms with Crippen LogP contribution < -0.4 is 0 Å². The maximum atomic E-state index is 13.0. The monoisotopic (exact) mass is 436 g/mol. The second-order valence-corrected chi connectivity index (χ2v) is 9.23. The molecule has 2 aromatic carbocycles. The summed E-state index contributed by atoms with van der Waals surface area (Å²) in [7, 11) is 1.87. The average molecular weight is 437 g/mol. The van der Waals surface area contributed by atoms with E-state index in [1.165, 1.54) is 12.1 Å². The Hall–Kier alpha value is -2.68. The second-order valence-electron chi connectivity index (χ2n) is 9.23. The third-order valence-corrected chi connectivity index (χ3v) is 5.86. The van der Waals surface area contributed by atoms with Crippen molar-refractivity contribution in [2.24, 2.45) is 5.92 Å². The lowest BCUT2D eigenvalue weighted by atomic mass is 9.95.